The number of carbonyl (C=O) groups is 3. The van der Waals surface area contributed by atoms with Crippen LogP contribution < -0.4 is 20.3 Å². The van der Waals surface area contributed by atoms with Gasteiger partial charge in [0, 0.05) is 16.5 Å². The van der Waals surface area contributed by atoms with Crippen LogP contribution in [0.3, 0.4) is 0 Å². The van der Waals surface area contributed by atoms with Gasteiger partial charge in [-0.3, -0.25) is 14.5 Å². The van der Waals surface area contributed by atoms with Gasteiger partial charge in [-0.15, -0.1) is 23.1 Å². The zero-order chi connectivity index (χ0) is 38.8. The van der Waals surface area contributed by atoms with E-state index in [0.717, 1.165) is 27.2 Å². The molecule has 0 spiro atoms. The third-order valence-corrected chi connectivity index (χ3v) is 12.5. The van der Waals surface area contributed by atoms with Crippen molar-refractivity contribution in [2.45, 2.75) is 23.9 Å². The number of carboxylic acids is 1. The van der Waals surface area contributed by atoms with Crippen LogP contribution in [-0.4, -0.2) is 61.6 Å². The molecule has 6 aromatic rings. The summed E-state index contributed by atoms with van der Waals surface area (Å²) in [7, 11) is 1.93. The molecule has 2 aliphatic heterocycles. The standard InChI is InChI=1S/C41H35N7O5S3/c1-3-53-45-33(31-24-56-40(42-31)44-41(27-13-7-4-8-14-27,28-15-9-5-10-16-28)29-17-11-6-12-18-29)36(49)43-34-37(50)48-35(39(51)52)26(22-55-38(34)48)19-20-30-23-54-32-21-46(2)25-47(30)32/h4-21,23-25,34,38H,3,22H2,1-2H3,(H2-,42,43,44,49,51,52)/b20-19?,45-33-/t34-,38-/m1/s1. The average molecular weight is 802 g/mol. The lowest BCUT2D eigenvalue weighted by molar-refractivity contribution is -0.669. The SMILES string of the molecule is CCO/N=C(\C(=O)N[C@@H]1C(=O)N2C(C(=O)[O-])=C(C=Cc3csc4c[n+](C)cn34)CS[C@H]12)c1csc(NC(c2ccccc2)(c2ccccc2)c2ccccc2)n1. The molecule has 1 fully saturated rings. The average Bonchev–Trinajstić information content (AvgIpc) is 3.95. The zero-order valence-corrected chi connectivity index (χ0v) is 32.6. The highest BCUT2D eigenvalue weighted by molar-refractivity contribution is 8.00. The third kappa shape index (κ3) is 6.78. The number of aliphatic carboxylic acids is 1. The summed E-state index contributed by atoms with van der Waals surface area (Å²) in [4.78, 5) is 52.4. The van der Waals surface area contributed by atoms with Crippen molar-refractivity contribution < 1.29 is 28.9 Å². The number of hydrogen-bond acceptors (Lipinski definition) is 11. The molecule has 2 atom stereocenters. The maximum atomic E-state index is 13.9. The smallest absolute Gasteiger partial charge is 0.276 e. The molecule has 12 nitrogen and oxygen atoms in total. The minimum atomic E-state index is -1.46. The van der Waals surface area contributed by atoms with Crippen LogP contribution in [0.15, 0.2) is 137 Å². The first-order chi connectivity index (χ1) is 27.3. The number of thiazole rings is 2. The normalized spacial score (nSPS) is 17.2. The molecule has 2 aliphatic rings. The number of nitrogens with one attached hydrogen (secondary N) is 2. The third-order valence-electron chi connectivity index (χ3n) is 9.52. The molecule has 0 unspecified atom stereocenters. The Morgan fingerprint density at radius 1 is 0.982 bits per heavy atom. The summed E-state index contributed by atoms with van der Waals surface area (Å²) in [6, 6.07) is 29.2. The van der Waals surface area contributed by atoms with Crippen molar-refractivity contribution in [2.24, 2.45) is 12.2 Å². The van der Waals surface area contributed by atoms with Crippen LogP contribution in [0, 0.1) is 0 Å². The molecule has 0 aliphatic carbocycles. The van der Waals surface area contributed by atoms with E-state index in [1.165, 1.54) is 28.0 Å². The lowest BCUT2D eigenvalue weighted by Gasteiger charge is -2.50. The highest BCUT2D eigenvalue weighted by atomic mass is 32.2. The van der Waals surface area contributed by atoms with E-state index in [9.17, 15) is 19.5 Å². The van der Waals surface area contributed by atoms with Gasteiger partial charge in [0.1, 0.15) is 41.1 Å². The Morgan fingerprint density at radius 2 is 1.62 bits per heavy atom. The number of nitrogens with zero attached hydrogens (tertiary/aromatic N) is 5. The minimum Gasteiger partial charge on any atom is -0.543 e. The second-order valence-corrected chi connectivity index (χ2v) is 15.9. The fourth-order valence-corrected chi connectivity index (χ4v) is 9.95. The number of aromatic nitrogens is 3. The van der Waals surface area contributed by atoms with E-state index in [1.54, 1.807) is 29.7 Å². The van der Waals surface area contributed by atoms with E-state index in [0.29, 0.717) is 16.5 Å². The predicted octanol–water partition coefficient (Wildman–Crippen LogP) is 4.54. The van der Waals surface area contributed by atoms with Crippen molar-refractivity contribution in [2.75, 3.05) is 17.7 Å². The number of amides is 2. The van der Waals surface area contributed by atoms with E-state index in [-0.39, 0.29) is 23.7 Å². The molecule has 5 heterocycles. The highest BCUT2D eigenvalue weighted by Crippen LogP contribution is 2.42. The largest absolute Gasteiger partial charge is 0.543 e. The molecule has 15 heteroatoms. The summed E-state index contributed by atoms with van der Waals surface area (Å²) < 4.78 is 3.93. The summed E-state index contributed by atoms with van der Waals surface area (Å²) in [5, 5.41) is 26.6. The Labute approximate surface area is 334 Å². The number of carboxylic acid groups (broad SMARTS) is 1. The van der Waals surface area contributed by atoms with Gasteiger partial charge in [-0.25, -0.2) is 9.55 Å². The molecule has 0 saturated carbocycles. The molecule has 8 rings (SSSR count). The second-order valence-electron chi connectivity index (χ2n) is 13.0. The summed E-state index contributed by atoms with van der Waals surface area (Å²) in [5.41, 5.74) is 3.33. The van der Waals surface area contributed by atoms with Gasteiger partial charge in [0.25, 0.3) is 11.8 Å². The fourth-order valence-electron chi connectivity index (χ4n) is 6.96. The van der Waals surface area contributed by atoms with Crippen molar-refractivity contribution in [1.29, 1.82) is 0 Å². The van der Waals surface area contributed by atoms with Gasteiger partial charge in [0.15, 0.2) is 10.8 Å². The lowest BCUT2D eigenvalue weighted by atomic mass is 9.77. The molecule has 282 valence electrons. The van der Waals surface area contributed by atoms with Crippen LogP contribution in [0.2, 0.25) is 0 Å². The van der Waals surface area contributed by atoms with E-state index >= 15 is 0 Å². The molecule has 0 bridgehead atoms. The number of aryl methyl sites for hydroxylation is 1. The van der Waals surface area contributed by atoms with Crippen LogP contribution >= 0.6 is 34.4 Å². The minimum absolute atomic E-state index is 0.118. The van der Waals surface area contributed by atoms with Crippen LogP contribution in [0.5, 0.6) is 0 Å². The van der Waals surface area contributed by atoms with Gasteiger partial charge in [0.05, 0.1) is 18.7 Å². The maximum Gasteiger partial charge on any atom is 0.276 e. The summed E-state index contributed by atoms with van der Waals surface area (Å²) in [6.45, 7) is 1.93. The first kappa shape index (κ1) is 36.9. The van der Waals surface area contributed by atoms with E-state index in [4.69, 9.17) is 9.82 Å². The summed E-state index contributed by atoms with van der Waals surface area (Å²) in [5.74, 6) is -2.42. The van der Waals surface area contributed by atoms with Gasteiger partial charge in [-0.05, 0) is 35.3 Å². The van der Waals surface area contributed by atoms with Crippen LogP contribution in [-0.2, 0) is 31.8 Å². The molecule has 3 aromatic carbocycles. The van der Waals surface area contributed by atoms with Crippen LogP contribution in [0.4, 0.5) is 5.13 Å². The number of thioether (sulfide) groups is 1. The van der Waals surface area contributed by atoms with Gasteiger partial charge in [-0.2, -0.15) is 4.40 Å². The molecule has 2 N–H and O–H groups in total. The number of fused-ring (bicyclic) bond motifs is 2. The molecule has 2 amide bonds. The van der Waals surface area contributed by atoms with E-state index in [1.807, 2.05) is 94.6 Å². The predicted molar refractivity (Wildman–Crippen MR) is 216 cm³/mol. The number of allylic oxidation sites excluding steroid dienone is 1. The summed E-state index contributed by atoms with van der Waals surface area (Å²) >= 11 is 4.22. The number of β-lactam (4-membered cyclic amide) rings is 1. The Morgan fingerprint density at radius 3 is 2.23 bits per heavy atom. The maximum absolute atomic E-state index is 13.9. The lowest BCUT2D eigenvalue weighted by Crippen LogP contribution is -2.71. The van der Waals surface area contributed by atoms with Gasteiger partial charge in [-0.1, -0.05) is 114 Å². The first-order valence-corrected chi connectivity index (χ1v) is 20.5. The van der Waals surface area contributed by atoms with Gasteiger partial charge >= 0.3 is 0 Å². The van der Waals surface area contributed by atoms with Crippen molar-refractivity contribution in [3.63, 3.8) is 0 Å². The number of benzene rings is 3. The van der Waals surface area contributed by atoms with E-state index in [2.05, 4.69) is 52.2 Å². The van der Waals surface area contributed by atoms with E-state index < -0.39 is 34.7 Å². The monoisotopic (exact) mass is 801 g/mol. The van der Waals surface area contributed by atoms with Crippen LogP contribution in [0.1, 0.15) is 35.0 Å². The molecule has 3 aromatic heterocycles. The van der Waals surface area contributed by atoms with Crippen LogP contribution in [0.25, 0.3) is 10.9 Å². The van der Waals surface area contributed by atoms with Crippen molar-refractivity contribution in [3.05, 3.63) is 160 Å². The molecule has 1 saturated heterocycles. The van der Waals surface area contributed by atoms with Crippen molar-refractivity contribution in [1.82, 2.24) is 19.6 Å². The number of oxime groups is 1. The summed E-state index contributed by atoms with van der Waals surface area (Å²) in [6.07, 6.45) is 7.45. The molecule has 56 heavy (non-hydrogen) atoms. The zero-order valence-electron chi connectivity index (χ0n) is 30.2. The van der Waals surface area contributed by atoms with Crippen molar-refractivity contribution in [3.8, 4) is 0 Å². The Kier molecular flexibility index (Phi) is 10.3. The highest BCUT2D eigenvalue weighted by Gasteiger charge is 2.53. The molecular weight excluding hydrogens is 767 g/mol. The first-order valence-electron chi connectivity index (χ1n) is 17.7. The second kappa shape index (κ2) is 15.6. The van der Waals surface area contributed by atoms with Gasteiger partial charge in [0.2, 0.25) is 11.2 Å². The number of imidazole rings is 1. The van der Waals surface area contributed by atoms with Crippen molar-refractivity contribution >= 4 is 74.0 Å². The number of hydrogen-bond donors (Lipinski definition) is 2. The Hall–Kier alpha value is -6.03. The quantitative estimate of drug-likeness (QED) is 0.0570. The number of carbonyl (C=O) groups excluding carboxylic acids is 3. The Bertz CT molecular complexity index is 2410. The molecule has 0 radical (unpaired) electrons. The number of anilines is 1. The number of rotatable bonds is 13. The Balaban J connectivity index is 1.05. The molecular formula is C41H35N7O5S3. The van der Waals surface area contributed by atoms with Gasteiger partial charge < -0.3 is 25.4 Å². The topological polar surface area (TPSA) is 144 Å². The fraction of sp³-hybridized carbons (Fsp3) is 0.171.